The molecule has 0 radical (unpaired) electrons. The third-order valence-electron chi connectivity index (χ3n) is 3.86. The van der Waals surface area contributed by atoms with E-state index >= 15 is 0 Å². The predicted octanol–water partition coefficient (Wildman–Crippen LogP) is 1.67. The number of thiophene rings is 1. The number of esters is 1. The highest BCUT2D eigenvalue weighted by molar-refractivity contribution is 7.10. The molecule has 1 amide bonds. The molecule has 0 aliphatic carbocycles. The summed E-state index contributed by atoms with van der Waals surface area (Å²) in [7, 11) is 1.10. The van der Waals surface area contributed by atoms with Gasteiger partial charge < -0.3 is 15.8 Å². The van der Waals surface area contributed by atoms with Crippen LogP contribution in [0.5, 0.6) is 0 Å². The maximum absolute atomic E-state index is 13.2. The van der Waals surface area contributed by atoms with Crippen LogP contribution < -0.4 is 11.1 Å². The number of Topliss-reactive ketones (excluding diaryl/α,β-unsaturated/α-hetero) is 1. The smallest absolute Gasteiger partial charge is 0.339 e. The Morgan fingerprint density at radius 2 is 1.89 bits per heavy atom. The number of hydrogen-bond acceptors (Lipinski definition) is 6. The lowest BCUT2D eigenvalue weighted by molar-refractivity contribution is -0.152. The summed E-state index contributed by atoms with van der Waals surface area (Å²) in [6.45, 7) is 1.37. The van der Waals surface area contributed by atoms with E-state index in [-0.39, 0.29) is 16.9 Å². The van der Waals surface area contributed by atoms with Crippen LogP contribution in [0.1, 0.15) is 17.4 Å². The second kappa shape index (κ2) is 8.36. The van der Waals surface area contributed by atoms with Crippen molar-refractivity contribution in [3.05, 3.63) is 57.8 Å². The fourth-order valence-corrected chi connectivity index (χ4v) is 3.42. The molecule has 3 N–H and O–H groups in total. The monoisotopic (exact) mass is 396 g/mol. The molecule has 0 saturated heterocycles. The van der Waals surface area contributed by atoms with E-state index in [0.717, 1.165) is 30.6 Å². The van der Waals surface area contributed by atoms with Gasteiger partial charge in [0.15, 0.2) is 5.78 Å². The van der Waals surface area contributed by atoms with Crippen molar-refractivity contribution < 1.29 is 27.9 Å². The molecule has 27 heavy (non-hydrogen) atoms. The Balaban J connectivity index is 2.15. The van der Waals surface area contributed by atoms with Gasteiger partial charge in [-0.3, -0.25) is 9.59 Å². The molecule has 1 heterocycles. The highest BCUT2D eigenvalue weighted by atomic mass is 32.1. The number of carbonyl (C=O) groups excluding carboxylic acids is 3. The topological polar surface area (TPSA) is 98.5 Å². The van der Waals surface area contributed by atoms with E-state index in [2.05, 4.69) is 10.1 Å². The van der Waals surface area contributed by atoms with Gasteiger partial charge in [-0.05, 0) is 36.1 Å². The fourth-order valence-electron chi connectivity index (χ4n) is 2.58. The highest BCUT2D eigenvalue weighted by Gasteiger charge is 2.48. The van der Waals surface area contributed by atoms with E-state index in [0.29, 0.717) is 6.07 Å². The van der Waals surface area contributed by atoms with Crippen molar-refractivity contribution in [3.63, 3.8) is 0 Å². The summed E-state index contributed by atoms with van der Waals surface area (Å²) in [6, 6.07) is 4.73. The zero-order valence-corrected chi connectivity index (χ0v) is 15.4. The lowest BCUT2D eigenvalue weighted by Crippen LogP contribution is -2.58. The minimum atomic E-state index is -2.07. The molecule has 1 aromatic heterocycles. The Labute approximate surface area is 158 Å². The van der Waals surface area contributed by atoms with E-state index in [1.54, 1.807) is 11.4 Å². The summed E-state index contributed by atoms with van der Waals surface area (Å²) in [5.74, 6) is -4.00. The first-order chi connectivity index (χ1) is 12.7. The molecule has 9 heteroatoms. The quantitative estimate of drug-likeness (QED) is 0.548. The number of nitrogens with two attached hydrogens (primary N) is 1. The van der Waals surface area contributed by atoms with Crippen LogP contribution in [0.25, 0.3) is 0 Å². The van der Waals surface area contributed by atoms with Crippen LogP contribution in [-0.4, -0.2) is 30.8 Å². The van der Waals surface area contributed by atoms with Crippen LogP contribution in [-0.2, 0) is 31.1 Å². The molecular weight excluding hydrogens is 378 g/mol. The molecule has 0 fully saturated rings. The number of benzene rings is 1. The van der Waals surface area contributed by atoms with Gasteiger partial charge in [0.05, 0.1) is 19.6 Å². The van der Waals surface area contributed by atoms with Crippen molar-refractivity contribution >= 4 is 29.0 Å². The predicted molar refractivity (Wildman–Crippen MR) is 94.9 cm³/mol. The number of ketones is 1. The number of amides is 1. The van der Waals surface area contributed by atoms with Gasteiger partial charge in [0, 0.05) is 10.9 Å². The highest BCUT2D eigenvalue weighted by Crippen LogP contribution is 2.27. The van der Waals surface area contributed by atoms with E-state index < -0.39 is 40.9 Å². The van der Waals surface area contributed by atoms with Crippen molar-refractivity contribution in [1.29, 1.82) is 0 Å². The van der Waals surface area contributed by atoms with Crippen molar-refractivity contribution in [2.75, 3.05) is 7.11 Å². The van der Waals surface area contributed by atoms with Crippen LogP contribution in [0.3, 0.4) is 0 Å². The zero-order chi connectivity index (χ0) is 20.2. The largest absolute Gasteiger partial charge is 0.467 e. The first kappa shape index (κ1) is 20.7. The van der Waals surface area contributed by atoms with Crippen LogP contribution in [0.4, 0.5) is 8.78 Å². The summed E-state index contributed by atoms with van der Waals surface area (Å²) in [4.78, 5) is 37.4. The lowest BCUT2D eigenvalue weighted by Gasteiger charge is -2.27. The Kier molecular flexibility index (Phi) is 6.40. The van der Waals surface area contributed by atoms with Gasteiger partial charge in [0.2, 0.25) is 11.4 Å². The first-order valence-electron chi connectivity index (χ1n) is 7.88. The Morgan fingerprint density at radius 3 is 2.41 bits per heavy atom. The number of rotatable bonds is 7. The number of carbonyl (C=O) groups is 3. The normalized spacial score (nSPS) is 14.1. The van der Waals surface area contributed by atoms with Gasteiger partial charge in [-0.1, -0.05) is 6.07 Å². The summed E-state index contributed by atoms with van der Waals surface area (Å²) in [5, 5.41) is 4.04. The molecule has 2 aromatic rings. The summed E-state index contributed by atoms with van der Waals surface area (Å²) >= 11 is 1.10. The summed E-state index contributed by atoms with van der Waals surface area (Å²) < 4.78 is 31.1. The van der Waals surface area contributed by atoms with Gasteiger partial charge in [-0.2, -0.15) is 0 Å². The zero-order valence-electron chi connectivity index (χ0n) is 14.6. The van der Waals surface area contributed by atoms with Crippen LogP contribution in [0.15, 0.2) is 35.7 Å². The van der Waals surface area contributed by atoms with Gasteiger partial charge in [0.25, 0.3) is 0 Å². The lowest BCUT2D eigenvalue weighted by atomic mass is 9.89. The molecule has 0 aliphatic rings. The average Bonchev–Trinajstić information content (AvgIpc) is 3.13. The van der Waals surface area contributed by atoms with Crippen molar-refractivity contribution in [2.24, 2.45) is 5.73 Å². The third kappa shape index (κ3) is 4.55. The van der Waals surface area contributed by atoms with Gasteiger partial charge in [-0.25, -0.2) is 13.6 Å². The summed E-state index contributed by atoms with van der Waals surface area (Å²) in [5.41, 5.74) is 4.10. The van der Waals surface area contributed by atoms with Crippen LogP contribution in [0, 0.1) is 11.6 Å². The molecule has 2 rings (SSSR count). The Bertz CT molecular complexity index is 837. The first-order valence-corrected chi connectivity index (χ1v) is 8.76. The van der Waals surface area contributed by atoms with Crippen molar-refractivity contribution in [2.45, 2.75) is 24.9 Å². The number of halogens is 2. The Morgan fingerprint density at radius 1 is 1.26 bits per heavy atom. The number of nitrogens with one attached hydrogen (secondary N) is 1. The second-order valence-corrected chi connectivity index (χ2v) is 6.83. The molecule has 0 bridgehead atoms. The summed E-state index contributed by atoms with van der Waals surface area (Å²) in [6.07, 6.45) is -0.346. The van der Waals surface area contributed by atoms with Gasteiger partial charge >= 0.3 is 5.97 Å². The fraction of sp³-hybridized carbons (Fsp3) is 0.278. The maximum Gasteiger partial charge on any atom is 0.339 e. The van der Waals surface area contributed by atoms with E-state index in [1.165, 1.54) is 13.0 Å². The minimum absolute atomic E-state index is 0.106. The van der Waals surface area contributed by atoms with E-state index in [1.807, 2.05) is 0 Å². The molecule has 0 saturated carbocycles. The van der Waals surface area contributed by atoms with Gasteiger partial charge in [-0.15, -0.1) is 11.3 Å². The standard InChI is InChI=1S/C18H18F2N2O4S/c1-10(22-15(23)8-11-6-12(19)9-13(20)7-11)16(24)18(21,17(25)26-2)14-4-3-5-27-14/h3-7,9-10H,8,21H2,1-2H3,(H,22,23)/t10-,18-/m0/s1. The average molecular weight is 396 g/mol. The van der Waals surface area contributed by atoms with E-state index in [4.69, 9.17) is 5.73 Å². The number of hydrogen-bond donors (Lipinski definition) is 2. The molecular formula is C18H18F2N2O4S. The SMILES string of the molecule is COC(=O)[C@@](N)(C(=O)[C@H](C)NC(=O)Cc1cc(F)cc(F)c1)c1cccs1. The van der Waals surface area contributed by atoms with Crippen molar-refractivity contribution in [1.82, 2.24) is 5.32 Å². The molecule has 1 aromatic carbocycles. The Hall–Kier alpha value is -2.65. The molecule has 0 unspecified atom stereocenters. The molecule has 0 aliphatic heterocycles. The molecule has 6 nitrogen and oxygen atoms in total. The van der Waals surface area contributed by atoms with Crippen LogP contribution in [0.2, 0.25) is 0 Å². The van der Waals surface area contributed by atoms with E-state index in [9.17, 15) is 23.2 Å². The molecule has 2 atom stereocenters. The van der Waals surface area contributed by atoms with Crippen molar-refractivity contribution in [3.8, 4) is 0 Å². The second-order valence-electron chi connectivity index (χ2n) is 5.88. The number of methoxy groups -OCH3 is 1. The van der Waals surface area contributed by atoms with Gasteiger partial charge in [0.1, 0.15) is 11.6 Å². The third-order valence-corrected chi connectivity index (χ3v) is 4.87. The molecule has 144 valence electrons. The number of ether oxygens (including phenoxy) is 1. The maximum atomic E-state index is 13.2. The molecule has 0 spiro atoms. The van der Waals surface area contributed by atoms with Crippen LogP contribution >= 0.6 is 11.3 Å². The minimum Gasteiger partial charge on any atom is -0.467 e.